The lowest BCUT2D eigenvalue weighted by Gasteiger charge is -2.21. The molecule has 1 aromatic carbocycles. The molecule has 0 heterocycles. The van der Waals surface area contributed by atoms with Crippen LogP contribution in [0.25, 0.3) is 0 Å². The Morgan fingerprint density at radius 1 is 1.38 bits per heavy atom. The number of aliphatic hydroxyl groups excluding tert-OH is 1. The normalized spacial score (nSPS) is 13.9. The molecule has 0 unspecified atom stereocenters. The topological polar surface area (TPSA) is 32.7 Å². The molecule has 21 heavy (non-hydrogen) atoms. The highest BCUT2D eigenvalue weighted by Crippen LogP contribution is 2.29. The molecule has 0 amide bonds. The van der Waals surface area contributed by atoms with Crippen LogP contribution in [0.4, 0.5) is 0 Å². The summed E-state index contributed by atoms with van der Waals surface area (Å²) in [6.45, 7) is 4.47. The zero-order chi connectivity index (χ0) is 15.1. The molecule has 1 aromatic rings. The van der Waals surface area contributed by atoms with Crippen LogP contribution in [-0.2, 0) is 6.54 Å². The van der Waals surface area contributed by atoms with Gasteiger partial charge in [-0.25, -0.2) is 0 Å². The Morgan fingerprint density at radius 2 is 2.19 bits per heavy atom. The van der Waals surface area contributed by atoms with Crippen LogP contribution < -0.4 is 4.74 Å². The maximum atomic E-state index is 8.83. The van der Waals surface area contributed by atoms with E-state index in [4.69, 9.17) is 9.84 Å². The first-order valence-electron chi connectivity index (χ1n) is 7.79. The minimum absolute atomic E-state index is 0.0982. The third kappa shape index (κ3) is 4.77. The first-order valence-corrected chi connectivity index (χ1v) is 7.79. The monoisotopic (exact) mass is 287 g/mol. The lowest BCUT2D eigenvalue weighted by molar-refractivity contribution is 0.255. The molecule has 1 fully saturated rings. The van der Waals surface area contributed by atoms with Crippen molar-refractivity contribution >= 4 is 0 Å². The average Bonchev–Trinajstić information content (AvgIpc) is 3.32. The van der Waals surface area contributed by atoms with Crippen molar-refractivity contribution in [1.82, 2.24) is 4.90 Å². The van der Waals surface area contributed by atoms with Crippen LogP contribution in [0.3, 0.4) is 0 Å². The molecule has 3 nitrogen and oxygen atoms in total. The van der Waals surface area contributed by atoms with Crippen molar-refractivity contribution in [3.8, 4) is 17.6 Å². The summed E-state index contributed by atoms with van der Waals surface area (Å²) in [5, 5.41) is 8.83. The molecule has 114 valence electrons. The molecule has 0 bridgehead atoms. The van der Waals surface area contributed by atoms with Crippen molar-refractivity contribution in [1.29, 1.82) is 0 Å². The van der Waals surface area contributed by atoms with Crippen LogP contribution >= 0.6 is 0 Å². The van der Waals surface area contributed by atoms with Crippen molar-refractivity contribution in [2.24, 2.45) is 0 Å². The Kier molecular flexibility index (Phi) is 6.10. The smallest absolute Gasteiger partial charge is 0.134 e. The maximum Gasteiger partial charge on any atom is 0.134 e. The zero-order valence-electron chi connectivity index (χ0n) is 13.1. The van der Waals surface area contributed by atoms with Gasteiger partial charge in [-0.2, -0.15) is 0 Å². The van der Waals surface area contributed by atoms with Crippen molar-refractivity contribution in [3.63, 3.8) is 0 Å². The van der Waals surface area contributed by atoms with E-state index in [9.17, 15) is 0 Å². The Hall–Kier alpha value is -1.50. The van der Waals surface area contributed by atoms with Crippen molar-refractivity contribution in [2.45, 2.75) is 45.2 Å². The van der Waals surface area contributed by atoms with Gasteiger partial charge in [0.05, 0.1) is 19.3 Å². The van der Waals surface area contributed by atoms with Gasteiger partial charge in [0.25, 0.3) is 0 Å². The summed E-state index contributed by atoms with van der Waals surface area (Å²) in [6.07, 6.45) is 4.35. The third-order valence-corrected chi connectivity index (χ3v) is 3.68. The van der Waals surface area contributed by atoms with E-state index in [-0.39, 0.29) is 6.61 Å². The SMILES string of the molecule is CCCN(Cc1ccc(OC)c(C#CCCO)c1)C1CC1. The zero-order valence-corrected chi connectivity index (χ0v) is 13.1. The second-order valence-electron chi connectivity index (χ2n) is 5.51. The van der Waals surface area contributed by atoms with Gasteiger partial charge in [0.15, 0.2) is 0 Å². The molecular weight excluding hydrogens is 262 g/mol. The molecule has 3 heteroatoms. The van der Waals surface area contributed by atoms with E-state index in [0.717, 1.165) is 30.4 Å². The minimum Gasteiger partial charge on any atom is -0.495 e. The van der Waals surface area contributed by atoms with Gasteiger partial charge in [0.1, 0.15) is 5.75 Å². The van der Waals surface area contributed by atoms with Crippen LogP contribution in [0.5, 0.6) is 5.75 Å². The summed E-state index contributed by atoms with van der Waals surface area (Å²) < 4.78 is 5.36. The van der Waals surface area contributed by atoms with Crippen LogP contribution in [0.1, 0.15) is 43.7 Å². The largest absolute Gasteiger partial charge is 0.495 e. The first-order chi connectivity index (χ1) is 10.3. The fourth-order valence-corrected chi connectivity index (χ4v) is 2.52. The van der Waals surface area contributed by atoms with Crippen LogP contribution in [0.15, 0.2) is 18.2 Å². The molecule has 0 atom stereocenters. The molecule has 0 spiro atoms. The standard InChI is InChI=1S/C18H25NO2/c1-3-11-19(17-8-9-17)14-15-7-10-18(21-2)16(13-15)6-4-5-12-20/h7,10,13,17,20H,3,5,8-9,11-12,14H2,1-2H3. The predicted molar refractivity (Wildman–Crippen MR) is 85.3 cm³/mol. The molecule has 2 rings (SSSR count). The number of benzene rings is 1. The fourth-order valence-electron chi connectivity index (χ4n) is 2.52. The number of hydrogen-bond donors (Lipinski definition) is 1. The summed E-state index contributed by atoms with van der Waals surface area (Å²) in [4.78, 5) is 2.56. The highest BCUT2D eigenvalue weighted by Gasteiger charge is 2.28. The van der Waals surface area contributed by atoms with E-state index in [2.05, 4.69) is 35.8 Å². The quantitative estimate of drug-likeness (QED) is 0.783. The molecule has 0 aliphatic heterocycles. The van der Waals surface area contributed by atoms with Gasteiger partial charge in [-0.15, -0.1) is 0 Å². The van der Waals surface area contributed by atoms with E-state index in [1.54, 1.807) is 7.11 Å². The van der Waals surface area contributed by atoms with Gasteiger partial charge in [-0.3, -0.25) is 4.90 Å². The van der Waals surface area contributed by atoms with Gasteiger partial charge in [0, 0.05) is 19.0 Å². The van der Waals surface area contributed by atoms with Crippen molar-refractivity contribution in [2.75, 3.05) is 20.3 Å². The van der Waals surface area contributed by atoms with Gasteiger partial charge < -0.3 is 9.84 Å². The summed E-state index contributed by atoms with van der Waals surface area (Å²) >= 11 is 0. The van der Waals surface area contributed by atoms with E-state index in [1.165, 1.54) is 24.8 Å². The second kappa shape index (κ2) is 8.07. The van der Waals surface area contributed by atoms with Gasteiger partial charge in [0.2, 0.25) is 0 Å². The third-order valence-electron chi connectivity index (χ3n) is 3.68. The number of rotatable bonds is 7. The molecule has 1 aliphatic carbocycles. The Balaban J connectivity index is 2.12. The summed E-state index contributed by atoms with van der Waals surface area (Å²) in [6, 6.07) is 7.01. The van der Waals surface area contributed by atoms with Crippen molar-refractivity contribution in [3.05, 3.63) is 29.3 Å². The molecule has 1 aliphatic rings. The maximum absolute atomic E-state index is 8.83. The average molecular weight is 287 g/mol. The highest BCUT2D eigenvalue weighted by atomic mass is 16.5. The van der Waals surface area contributed by atoms with Gasteiger partial charge in [-0.1, -0.05) is 24.8 Å². The second-order valence-corrected chi connectivity index (χ2v) is 5.51. The highest BCUT2D eigenvalue weighted by molar-refractivity contribution is 5.48. The van der Waals surface area contributed by atoms with Crippen LogP contribution in [-0.4, -0.2) is 36.3 Å². The molecular formula is C18H25NO2. The Morgan fingerprint density at radius 3 is 2.81 bits per heavy atom. The lowest BCUT2D eigenvalue weighted by atomic mass is 10.1. The van der Waals surface area contributed by atoms with Crippen molar-refractivity contribution < 1.29 is 9.84 Å². The minimum atomic E-state index is 0.0982. The molecule has 0 radical (unpaired) electrons. The van der Waals surface area contributed by atoms with Gasteiger partial charge >= 0.3 is 0 Å². The molecule has 0 aromatic heterocycles. The van der Waals surface area contributed by atoms with Crippen LogP contribution in [0.2, 0.25) is 0 Å². The summed E-state index contributed by atoms with van der Waals surface area (Å²) in [5.41, 5.74) is 2.19. The lowest BCUT2D eigenvalue weighted by Crippen LogP contribution is -2.26. The first kappa shape index (κ1) is 15.9. The molecule has 0 saturated heterocycles. The molecule has 1 N–H and O–H groups in total. The van der Waals surface area contributed by atoms with E-state index in [0.29, 0.717) is 6.42 Å². The Bertz CT molecular complexity index is 512. The van der Waals surface area contributed by atoms with Crippen LogP contribution in [0, 0.1) is 11.8 Å². The van der Waals surface area contributed by atoms with E-state index >= 15 is 0 Å². The van der Waals surface area contributed by atoms with E-state index in [1.807, 2.05) is 6.07 Å². The van der Waals surface area contributed by atoms with Gasteiger partial charge in [-0.05, 0) is 43.5 Å². The predicted octanol–water partition coefficient (Wildman–Crippen LogP) is 2.80. The van der Waals surface area contributed by atoms with E-state index < -0.39 is 0 Å². The summed E-state index contributed by atoms with van der Waals surface area (Å²) in [7, 11) is 1.67. The molecule has 1 saturated carbocycles. The number of ether oxygens (including phenoxy) is 1. The summed E-state index contributed by atoms with van der Waals surface area (Å²) in [5.74, 6) is 6.88. The number of nitrogens with zero attached hydrogens (tertiary/aromatic N) is 1. The number of methoxy groups -OCH3 is 1. The number of aliphatic hydroxyl groups is 1. The number of hydrogen-bond acceptors (Lipinski definition) is 3. The fraction of sp³-hybridized carbons (Fsp3) is 0.556. The Labute approximate surface area is 127 Å².